The Morgan fingerprint density at radius 1 is 1.38 bits per heavy atom. The summed E-state index contributed by atoms with van der Waals surface area (Å²) >= 11 is 2.07. The molecular weight excluding hydrogens is 319 g/mol. The van der Waals surface area contributed by atoms with Gasteiger partial charge in [-0.3, -0.25) is 4.79 Å². The van der Waals surface area contributed by atoms with Crippen molar-refractivity contribution in [2.45, 2.75) is 26.4 Å². The van der Waals surface area contributed by atoms with Crippen molar-refractivity contribution in [3.05, 3.63) is 33.4 Å². The molecule has 4 heteroatoms. The lowest BCUT2D eigenvalue weighted by atomic mass is 10.2. The fraction of sp³-hybridized carbons (Fsp3) is 0.333. The first-order chi connectivity index (χ1) is 7.56. The molecule has 0 spiro atoms. The lowest BCUT2D eigenvalue weighted by molar-refractivity contribution is -0.125. The van der Waals surface area contributed by atoms with Crippen molar-refractivity contribution >= 4 is 34.3 Å². The molecule has 3 nitrogen and oxygen atoms in total. The van der Waals surface area contributed by atoms with E-state index in [1.807, 2.05) is 19.1 Å². The van der Waals surface area contributed by atoms with E-state index in [0.717, 1.165) is 3.57 Å². The van der Waals surface area contributed by atoms with E-state index in [1.165, 1.54) is 6.92 Å². The maximum atomic E-state index is 11.8. The lowest BCUT2D eigenvalue weighted by Crippen LogP contribution is -2.24. The fourth-order valence-corrected chi connectivity index (χ4v) is 1.88. The van der Waals surface area contributed by atoms with Gasteiger partial charge < -0.3 is 4.74 Å². The predicted octanol–water partition coefficient (Wildman–Crippen LogP) is 2.82. The van der Waals surface area contributed by atoms with Crippen molar-refractivity contribution < 1.29 is 14.3 Å². The molecule has 1 aromatic carbocycles. The van der Waals surface area contributed by atoms with Crippen LogP contribution in [0, 0.1) is 3.57 Å². The van der Waals surface area contributed by atoms with Gasteiger partial charge in [0.1, 0.15) is 0 Å². The number of esters is 1. The van der Waals surface area contributed by atoms with Gasteiger partial charge in [0.2, 0.25) is 0 Å². The van der Waals surface area contributed by atoms with Crippen LogP contribution in [0.3, 0.4) is 0 Å². The second-order valence-corrected chi connectivity index (χ2v) is 4.55. The highest BCUT2D eigenvalue weighted by molar-refractivity contribution is 14.1. The molecular formula is C12H13IO3. The molecule has 0 saturated carbocycles. The Kier molecular flexibility index (Phi) is 4.92. The Labute approximate surface area is 108 Å². The first-order valence-electron chi connectivity index (χ1n) is 5.02. The van der Waals surface area contributed by atoms with Crippen LogP contribution < -0.4 is 0 Å². The molecule has 0 N–H and O–H groups in total. The van der Waals surface area contributed by atoms with Crippen LogP contribution in [0.5, 0.6) is 0 Å². The molecule has 16 heavy (non-hydrogen) atoms. The number of ketones is 1. The first kappa shape index (κ1) is 13.2. The van der Waals surface area contributed by atoms with Gasteiger partial charge in [-0.1, -0.05) is 19.1 Å². The number of carbonyl (C=O) groups is 2. The van der Waals surface area contributed by atoms with Crippen molar-refractivity contribution in [2.24, 2.45) is 0 Å². The van der Waals surface area contributed by atoms with Gasteiger partial charge in [0.05, 0.1) is 5.56 Å². The summed E-state index contributed by atoms with van der Waals surface area (Å²) in [7, 11) is 0. The number of hydrogen-bond acceptors (Lipinski definition) is 3. The molecule has 1 atom stereocenters. The van der Waals surface area contributed by atoms with Gasteiger partial charge in [0.15, 0.2) is 11.9 Å². The average Bonchev–Trinajstić information content (AvgIpc) is 2.25. The van der Waals surface area contributed by atoms with Crippen molar-refractivity contribution in [3.8, 4) is 0 Å². The van der Waals surface area contributed by atoms with Crippen LogP contribution in [0.1, 0.15) is 30.6 Å². The number of Topliss-reactive ketones (excluding diaryl/α,β-unsaturated/α-hetero) is 1. The number of hydrogen-bond donors (Lipinski definition) is 0. The van der Waals surface area contributed by atoms with Crippen LogP contribution in [0.25, 0.3) is 0 Å². The maximum Gasteiger partial charge on any atom is 0.339 e. The van der Waals surface area contributed by atoms with Crippen LogP contribution in [0.4, 0.5) is 0 Å². The Morgan fingerprint density at radius 3 is 2.50 bits per heavy atom. The summed E-state index contributed by atoms with van der Waals surface area (Å²) in [5, 5.41) is 0. The van der Waals surface area contributed by atoms with Gasteiger partial charge in [0.25, 0.3) is 0 Å². The molecule has 0 heterocycles. The predicted molar refractivity (Wildman–Crippen MR) is 69.3 cm³/mol. The second-order valence-electron chi connectivity index (χ2n) is 3.39. The van der Waals surface area contributed by atoms with Crippen molar-refractivity contribution in [1.82, 2.24) is 0 Å². The minimum Gasteiger partial charge on any atom is -0.451 e. The van der Waals surface area contributed by atoms with E-state index in [4.69, 9.17) is 4.74 Å². The second kappa shape index (κ2) is 5.98. The van der Waals surface area contributed by atoms with Gasteiger partial charge in [-0.15, -0.1) is 0 Å². The van der Waals surface area contributed by atoms with Crippen LogP contribution in [-0.2, 0) is 9.53 Å². The van der Waals surface area contributed by atoms with Crippen LogP contribution in [-0.4, -0.2) is 17.9 Å². The van der Waals surface area contributed by atoms with Gasteiger partial charge in [-0.25, -0.2) is 4.79 Å². The third-order valence-electron chi connectivity index (χ3n) is 2.17. The van der Waals surface area contributed by atoms with Gasteiger partial charge in [-0.2, -0.15) is 0 Å². The molecule has 1 aromatic rings. The molecule has 0 saturated heterocycles. The summed E-state index contributed by atoms with van der Waals surface area (Å²) in [6.07, 6.45) is -0.131. The zero-order valence-electron chi connectivity index (χ0n) is 9.20. The summed E-state index contributed by atoms with van der Waals surface area (Å²) in [6.45, 7) is 3.24. The van der Waals surface area contributed by atoms with E-state index >= 15 is 0 Å². The van der Waals surface area contributed by atoms with Crippen molar-refractivity contribution in [3.63, 3.8) is 0 Å². The number of carbonyl (C=O) groups excluding carboxylic acids is 2. The summed E-state index contributed by atoms with van der Waals surface area (Å²) in [6, 6.07) is 7.14. The number of ether oxygens (including phenoxy) is 1. The first-order valence-corrected chi connectivity index (χ1v) is 6.10. The van der Waals surface area contributed by atoms with E-state index in [0.29, 0.717) is 12.0 Å². The Hall–Kier alpha value is -0.910. The normalized spacial score (nSPS) is 11.9. The van der Waals surface area contributed by atoms with Gasteiger partial charge in [-0.05, 0) is 48.1 Å². The van der Waals surface area contributed by atoms with Crippen molar-refractivity contribution in [2.75, 3.05) is 0 Å². The highest BCUT2D eigenvalue weighted by Gasteiger charge is 2.19. The number of halogens is 1. The molecule has 1 rings (SSSR count). The molecule has 0 bridgehead atoms. The number of rotatable bonds is 4. The Balaban J connectivity index is 2.80. The molecule has 0 fully saturated rings. The molecule has 86 valence electrons. The highest BCUT2D eigenvalue weighted by Crippen LogP contribution is 2.14. The molecule has 0 aliphatic heterocycles. The third kappa shape index (κ3) is 3.30. The zero-order chi connectivity index (χ0) is 12.1. The van der Waals surface area contributed by atoms with Crippen LogP contribution in [0.2, 0.25) is 0 Å². The summed E-state index contributed by atoms with van der Waals surface area (Å²) in [4.78, 5) is 22.9. The quantitative estimate of drug-likeness (QED) is 0.629. The van der Waals surface area contributed by atoms with E-state index in [9.17, 15) is 9.59 Å². The zero-order valence-corrected chi connectivity index (χ0v) is 11.4. The average molecular weight is 332 g/mol. The molecule has 1 unspecified atom stereocenters. The molecule has 0 aliphatic carbocycles. The summed E-state index contributed by atoms with van der Waals surface area (Å²) < 4.78 is 5.96. The Morgan fingerprint density at radius 2 is 2.00 bits per heavy atom. The molecule has 0 aromatic heterocycles. The summed E-state index contributed by atoms with van der Waals surface area (Å²) in [5.41, 5.74) is 0.503. The van der Waals surface area contributed by atoms with E-state index in [2.05, 4.69) is 22.6 Å². The van der Waals surface area contributed by atoms with E-state index in [-0.39, 0.29) is 5.78 Å². The van der Waals surface area contributed by atoms with Crippen LogP contribution in [0.15, 0.2) is 24.3 Å². The standard InChI is InChI=1S/C12H13IO3/c1-3-11(8(2)14)16-12(15)9-6-4-5-7-10(9)13/h4-7,11H,3H2,1-2H3. The smallest absolute Gasteiger partial charge is 0.339 e. The highest BCUT2D eigenvalue weighted by atomic mass is 127. The van der Waals surface area contributed by atoms with Crippen molar-refractivity contribution in [1.29, 1.82) is 0 Å². The SMILES string of the molecule is CCC(OC(=O)c1ccccc1I)C(C)=O. The largest absolute Gasteiger partial charge is 0.451 e. The van der Waals surface area contributed by atoms with Crippen LogP contribution >= 0.6 is 22.6 Å². The number of benzene rings is 1. The van der Waals surface area contributed by atoms with E-state index in [1.54, 1.807) is 12.1 Å². The van der Waals surface area contributed by atoms with Gasteiger partial charge in [0, 0.05) is 3.57 Å². The minimum atomic E-state index is -0.636. The molecule has 0 radical (unpaired) electrons. The third-order valence-corrected chi connectivity index (χ3v) is 3.11. The molecule has 0 amide bonds. The molecule has 0 aliphatic rings. The maximum absolute atomic E-state index is 11.8. The fourth-order valence-electron chi connectivity index (χ4n) is 1.27. The van der Waals surface area contributed by atoms with Gasteiger partial charge >= 0.3 is 5.97 Å². The monoisotopic (exact) mass is 332 g/mol. The summed E-state index contributed by atoms with van der Waals surface area (Å²) in [5.74, 6) is -0.561. The topological polar surface area (TPSA) is 43.4 Å². The lowest BCUT2D eigenvalue weighted by Gasteiger charge is -2.13. The Bertz CT molecular complexity index is 401. The van der Waals surface area contributed by atoms with E-state index < -0.39 is 12.1 Å². The minimum absolute atomic E-state index is 0.123.